The van der Waals surface area contributed by atoms with Gasteiger partial charge in [-0.15, -0.1) is 0 Å². The van der Waals surface area contributed by atoms with Crippen LogP contribution in [0.4, 0.5) is 5.69 Å². The molecular weight excluding hydrogens is 353 g/mol. The molecule has 6 nitrogen and oxygen atoms in total. The lowest BCUT2D eigenvalue weighted by Crippen LogP contribution is -2.23. The van der Waals surface area contributed by atoms with Crippen molar-refractivity contribution in [1.29, 1.82) is 5.26 Å². The molecule has 0 atom stereocenters. The molecule has 0 heterocycles. The van der Waals surface area contributed by atoms with Crippen LogP contribution in [0.3, 0.4) is 0 Å². The van der Waals surface area contributed by atoms with E-state index in [1.165, 1.54) is 12.1 Å². The molecule has 1 amide bonds. The first-order valence-electron chi connectivity index (χ1n) is 7.15. The van der Waals surface area contributed by atoms with Crippen LogP contribution >= 0.6 is 23.2 Å². The maximum Gasteiger partial charge on any atom is 0.350 e. The molecule has 8 heteroatoms. The fourth-order valence-electron chi connectivity index (χ4n) is 1.68. The van der Waals surface area contributed by atoms with Crippen molar-refractivity contribution < 1.29 is 14.3 Å². The first-order chi connectivity index (χ1) is 11.3. The summed E-state index contributed by atoms with van der Waals surface area (Å²) in [5.74, 6) is -1.14. The zero-order chi connectivity index (χ0) is 18.3. The minimum atomic E-state index is -0.762. The molecule has 0 radical (unpaired) electrons. The Morgan fingerprint density at radius 1 is 1.38 bits per heavy atom. The minimum Gasteiger partial charge on any atom is -0.459 e. The number of ether oxygens (including phenoxy) is 1. The average molecular weight is 370 g/mol. The van der Waals surface area contributed by atoms with Crippen LogP contribution in [0.1, 0.15) is 31.1 Å². The van der Waals surface area contributed by atoms with Gasteiger partial charge in [-0.2, -0.15) is 5.26 Å². The number of hydrogen-bond acceptors (Lipinski definition) is 5. The summed E-state index contributed by atoms with van der Waals surface area (Å²) in [5, 5.41) is 14.8. The number of halogens is 2. The summed E-state index contributed by atoms with van der Waals surface area (Å²) in [5.41, 5.74) is 0.236. The summed E-state index contributed by atoms with van der Waals surface area (Å²) < 4.78 is 4.95. The number of rotatable bonds is 6. The number of benzene rings is 1. The second kappa shape index (κ2) is 9.16. The van der Waals surface area contributed by atoms with Gasteiger partial charge >= 0.3 is 5.97 Å². The van der Waals surface area contributed by atoms with Crippen molar-refractivity contribution >= 4 is 40.8 Å². The summed E-state index contributed by atoms with van der Waals surface area (Å²) in [7, 11) is 0. The first-order valence-corrected chi connectivity index (χ1v) is 7.90. The Morgan fingerprint density at radius 3 is 2.58 bits per heavy atom. The van der Waals surface area contributed by atoms with E-state index in [0.29, 0.717) is 6.54 Å². The van der Waals surface area contributed by atoms with Gasteiger partial charge in [0.1, 0.15) is 6.07 Å². The van der Waals surface area contributed by atoms with Crippen LogP contribution in [-0.4, -0.2) is 24.5 Å². The third kappa shape index (κ3) is 5.44. The lowest BCUT2D eigenvalue weighted by Gasteiger charge is -2.11. The van der Waals surface area contributed by atoms with E-state index in [-0.39, 0.29) is 38.9 Å². The van der Waals surface area contributed by atoms with Gasteiger partial charge in [0.2, 0.25) is 0 Å². The molecule has 2 N–H and O–H groups in total. The molecule has 128 valence electrons. The Hall–Kier alpha value is -2.23. The number of nitrogens with zero attached hydrogens (tertiary/aromatic N) is 1. The second-order valence-corrected chi connectivity index (χ2v) is 5.76. The predicted octanol–water partition coefficient (Wildman–Crippen LogP) is 3.51. The normalized spacial score (nSPS) is 11.0. The van der Waals surface area contributed by atoms with E-state index < -0.39 is 5.97 Å². The highest BCUT2D eigenvalue weighted by molar-refractivity contribution is 6.38. The molecular formula is C16H17Cl2N3O3. The summed E-state index contributed by atoms with van der Waals surface area (Å²) >= 11 is 12.2. The molecule has 0 aliphatic rings. The molecule has 24 heavy (non-hydrogen) atoms. The van der Waals surface area contributed by atoms with Gasteiger partial charge < -0.3 is 15.4 Å². The van der Waals surface area contributed by atoms with Crippen LogP contribution in [0.25, 0.3) is 0 Å². The van der Waals surface area contributed by atoms with Crippen molar-refractivity contribution in [2.45, 2.75) is 26.9 Å². The topological polar surface area (TPSA) is 91.2 Å². The fraction of sp³-hybridized carbons (Fsp3) is 0.312. The lowest BCUT2D eigenvalue weighted by atomic mass is 10.1. The van der Waals surface area contributed by atoms with Crippen LogP contribution in [0.15, 0.2) is 23.9 Å². The molecule has 0 unspecified atom stereocenters. The summed E-state index contributed by atoms with van der Waals surface area (Å²) in [6, 6.07) is 4.65. The van der Waals surface area contributed by atoms with Crippen LogP contribution in [0, 0.1) is 11.3 Å². The minimum absolute atomic E-state index is 0.121. The molecule has 0 saturated carbocycles. The summed E-state index contributed by atoms with van der Waals surface area (Å²) in [4.78, 5) is 23.7. The van der Waals surface area contributed by atoms with E-state index in [1.807, 2.05) is 0 Å². The highest BCUT2D eigenvalue weighted by Gasteiger charge is 2.16. The van der Waals surface area contributed by atoms with Gasteiger partial charge in [-0.3, -0.25) is 4.79 Å². The number of hydrogen-bond donors (Lipinski definition) is 2. The van der Waals surface area contributed by atoms with Crippen molar-refractivity contribution in [2.75, 3.05) is 11.9 Å². The third-order valence-electron chi connectivity index (χ3n) is 2.67. The van der Waals surface area contributed by atoms with Crippen molar-refractivity contribution in [3.8, 4) is 6.07 Å². The highest BCUT2D eigenvalue weighted by atomic mass is 35.5. The number of carbonyl (C=O) groups excluding carboxylic acids is 2. The van der Waals surface area contributed by atoms with Crippen LogP contribution in [-0.2, 0) is 9.53 Å². The van der Waals surface area contributed by atoms with E-state index >= 15 is 0 Å². The Bertz CT molecular complexity index is 709. The van der Waals surface area contributed by atoms with Gasteiger partial charge in [0, 0.05) is 17.8 Å². The van der Waals surface area contributed by atoms with E-state index in [1.54, 1.807) is 26.8 Å². The molecule has 0 spiro atoms. The number of amides is 1. The molecule has 0 fully saturated rings. The fourth-order valence-corrected chi connectivity index (χ4v) is 2.15. The van der Waals surface area contributed by atoms with Crippen molar-refractivity contribution in [2.24, 2.45) is 0 Å². The van der Waals surface area contributed by atoms with Gasteiger partial charge in [-0.1, -0.05) is 23.2 Å². The number of anilines is 1. The zero-order valence-electron chi connectivity index (χ0n) is 13.4. The monoisotopic (exact) mass is 369 g/mol. The maximum atomic E-state index is 12.0. The smallest absolute Gasteiger partial charge is 0.350 e. The van der Waals surface area contributed by atoms with E-state index in [9.17, 15) is 9.59 Å². The van der Waals surface area contributed by atoms with Gasteiger partial charge in [-0.25, -0.2) is 4.79 Å². The molecule has 1 rings (SSSR count). The molecule has 0 aliphatic heterocycles. The van der Waals surface area contributed by atoms with Crippen molar-refractivity contribution in [1.82, 2.24) is 5.32 Å². The van der Waals surface area contributed by atoms with E-state index in [4.69, 9.17) is 33.2 Å². The SMILES string of the molecule is CCNC(=O)c1cc(Cl)cc(NC=C(C#N)C(=O)OC(C)C)c1Cl. The van der Waals surface area contributed by atoms with E-state index in [0.717, 1.165) is 6.20 Å². The van der Waals surface area contributed by atoms with Gasteiger partial charge in [-0.05, 0) is 32.9 Å². The zero-order valence-corrected chi connectivity index (χ0v) is 15.0. The maximum absolute atomic E-state index is 12.0. The molecule has 0 aromatic heterocycles. The number of carbonyl (C=O) groups is 2. The Morgan fingerprint density at radius 2 is 2.04 bits per heavy atom. The molecule has 1 aromatic rings. The first kappa shape index (κ1) is 19.8. The molecule has 1 aromatic carbocycles. The highest BCUT2D eigenvalue weighted by Crippen LogP contribution is 2.30. The van der Waals surface area contributed by atoms with Crippen LogP contribution in [0.2, 0.25) is 10.0 Å². The van der Waals surface area contributed by atoms with Crippen LogP contribution in [0.5, 0.6) is 0 Å². The molecule has 0 bridgehead atoms. The largest absolute Gasteiger partial charge is 0.459 e. The predicted molar refractivity (Wildman–Crippen MR) is 93.0 cm³/mol. The van der Waals surface area contributed by atoms with Crippen LogP contribution < -0.4 is 10.6 Å². The Kier molecular flexibility index (Phi) is 7.56. The third-order valence-corrected chi connectivity index (χ3v) is 3.30. The van der Waals surface area contributed by atoms with E-state index in [2.05, 4.69) is 10.6 Å². The molecule has 0 saturated heterocycles. The van der Waals surface area contributed by atoms with Crippen molar-refractivity contribution in [3.05, 3.63) is 39.5 Å². The standard InChI is InChI=1S/C16H17Cl2N3O3/c1-4-20-15(22)12-5-11(17)6-13(14(12)18)21-8-10(7-19)16(23)24-9(2)3/h5-6,8-9,21H,4H2,1-3H3,(H,20,22). The van der Waals surface area contributed by atoms with Crippen molar-refractivity contribution in [3.63, 3.8) is 0 Å². The average Bonchev–Trinajstić information content (AvgIpc) is 2.50. The summed E-state index contributed by atoms with van der Waals surface area (Å²) in [6.45, 7) is 5.56. The Labute approximate surface area is 150 Å². The number of nitriles is 1. The second-order valence-electron chi connectivity index (χ2n) is 4.94. The quantitative estimate of drug-likeness (QED) is 0.454. The number of esters is 1. The van der Waals surface area contributed by atoms with Gasteiger partial charge in [0.25, 0.3) is 5.91 Å². The van der Waals surface area contributed by atoms with Gasteiger partial charge in [0.15, 0.2) is 5.57 Å². The van der Waals surface area contributed by atoms with Gasteiger partial charge in [0.05, 0.1) is 22.4 Å². The Balaban J connectivity index is 3.11. The summed E-state index contributed by atoms with van der Waals surface area (Å²) in [6.07, 6.45) is 0.803. The number of nitrogens with one attached hydrogen (secondary N) is 2. The lowest BCUT2D eigenvalue weighted by molar-refractivity contribution is -0.142. The molecule has 0 aliphatic carbocycles.